The van der Waals surface area contributed by atoms with Crippen molar-refractivity contribution in [1.82, 2.24) is 10.4 Å². The highest BCUT2D eigenvalue weighted by Gasteiger charge is 2.08. The van der Waals surface area contributed by atoms with Gasteiger partial charge in [-0.05, 0) is 17.7 Å². The molecule has 1 aromatic heterocycles. The fourth-order valence-corrected chi connectivity index (χ4v) is 4.48. The van der Waals surface area contributed by atoms with E-state index in [1.165, 1.54) is 23.1 Å². The second-order valence-corrected chi connectivity index (χ2v) is 8.84. The number of carbonyl (C=O) groups is 1. The number of benzene rings is 3. The van der Waals surface area contributed by atoms with Gasteiger partial charge in [-0.2, -0.15) is 5.10 Å². The van der Waals surface area contributed by atoms with Crippen LogP contribution in [0.1, 0.15) is 11.1 Å². The van der Waals surface area contributed by atoms with Gasteiger partial charge in [0.15, 0.2) is 4.34 Å². The van der Waals surface area contributed by atoms with Crippen LogP contribution in [0.25, 0.3) is 11.3 Å². The standard InChI is InChI=1S/C25H21N3O2S2/c29-24(18-32-25-27-22(17-31-25)20-11-5-2-6-12-20)28-26-15-21-13-7-8-14-23(21)30-16-19-9-3-1-4-10-19/h1-15,17H,16,18H2,(H,28,29)/b26-15+. The Balaban J connectivity index is 1.27. The van der Waals surface area contributed by atoms with E-state index >= 15 is 0 Å². The number of carbonyl (C=O) groups excluding carboxylic acids is 1. The van der Waals surface area contributed by atoms with Gasteiger partial charge < -0.3 is 4.74 Å². The van der Waals surface area contributed by atoms with Crippen LogP contribution in [0.15, 0.2) is 99.8 Å². The number of ether oxygens (including phenoxy) is 1. The first-order valence-electron chi connectivity index (χ1n) is 9.99. The molecule has 4 rings (SSSR count). The summed E-state index contributed by atoms with van der Waals surface area (Å²) in [4.78, 5) is 16.8. The lowest BCUT2D eigenvalue weighted by Gasteiger charge is -2.08. The maximum atomic E-state index is 12.2. The summed E-state index contributed by atoms with van der Waals surface area (Å²) in [7, 11) is 0. The smallest absolute Gasteiger partial charge is 0.250 e. The van der Waals surface area contributed by atoms with Crippen LogP contribution in [0.3, 0.4) is 0 Å². The third kappa shape index (κ3) is 6.29. The van der Waals surface area contributed by atoms with Gasteiger partial charge in [0, 0.05) is 16.5 Å². The molecule has 0 aliphatic rings. The van der Waals surface area contributed by atoms with Crippen molar-refractivity contribution in [3.8, 4) is 17.0 Å². The Morgan fingerprint density at radius 1 is 1.00 bits per heavy atom. The summed E-state index contributed by atoms with van der Waals surface area (Å²) in [6, 6.07) is 27.5. The highest BCUT2D eigenvalue weighted by molar-refractivity contribution is 8.01. The quantitative estimate of drug-likeness (QED) is 0.200. The van der Waals surface area contributed by atoms with Crippen molar-refractivity contribution in [2.75, 3.05) is 5.75 Å². The number of aromatic nitrogens is 1. The minimum Gasteiger partial charge on any atom is -0.488 e. The molecule has 0 atom stereocenters. The Hall–Kier alpha value is -3.42. The summed E-state index contributed by atoms with van der Waals surface area (Å²) in [5.41, 5.74) is 6.44. The molecule has 5 nitrogen and oxygen atoms in total. The molecule has 0 radical (unpaired) electrons. The van der Waals surface area contributed by atoms with Gasteiger partial charge in [0.05, 0.1) is 17.7 Å². The van der Waals surface area contributed by atoms with Crippen molar-refractivity contribution in [3.63, 3.8) is 0 Å². The zero-order valence-electron chi connectivity index (χ0n) is 17.2. The lowest BCUT2D eigenvalue weighted by atomic mass is 10.2. The topological polar surface area (TPSA) is 63.6 Å². The summed E-state index contributed by atoms with van der Waals surface area (Å²) < 4.78 is 6.76. The molecule has 0 bridgehead atoms. The number of hydrogen-bond acceptors (Lipinski definition) is 6. The van der Waals surface area contributed by atoms with Crippen LogP contribution in [0.2, 0.25) is 0 Å². The van der Waals surface area contributed by atoms with E-state index in [0.717, 1.165) is 26.7 Å². The number of thiazole rings is 1. The minimum absolute atomic E-state index is 0.189. The molecule has 32 heavy (non-hydrogen) atoms. The van der Waals surface area contributed by atoms with E-state index < -0.39 is 0 Å². The van der Waals surface area contributed by atoms with E-state index in [0.29, 0.717) is 12.4 Å². The van der Waals surface area contributed by atoms with E-state index in [1.54, 1.807) is 6.21 Å². The Morgan fingerprint density at radius 2 is 1.72 bits per heavy atom. The van der Waals surface area contributed by atoms with Gasteiger partial charge in [-0.3, -0.25) is 4.79 Å². The molecule has 1 heterocycles. The summed E-state index contributed by atoms with van der Waals surface area (Å²) in [6.45, 7) is 0.466. The molecule has 7 heteroatoms. The van der Waals surface area contributed by atoms with Gasteiger partial charge in [0.2, 0.25) is 0 Å². The van der Waals surface area contributed by atoms with E-state index in [2.05, 4.69) is 15.5 Å². The number of rotatable bonds is 9. The van der Waals surface area contributed by atoms with Crippen molar-refractivity contribution in [2.24, 2.45) is 5.10 Å². The SMILES string of the molecule is O=C(CSc1nc(-c2ccccc2)cs1)N/N=C/c1ccccc1OCc1ccccc1. The van der Waals surface area contributed by atoms with Crippen molar-refractivity contribution in [1.29, 1.82) is 0 Å². The molecule has 1 N–H and O–H groups in total. The number of amides is 1. The highest BCUT2D eigenvalue weighted by atomic mass is 32.2. The largest absolute Gasteiger partial charge is 0.488 e. The molecule has 0 saturated heterocycles. The van der Waals surface area contributed by atoms with Crippen LogP contribution in [0.4, 0.5) is 0 Å². The lowest BCUT2D eigenvalue weighted by molar-refractivity contribution is -0.118. The average molecular weight is 460 g/mol. The maximum absolute atomic E-state index is 12.2. The Labute approximate surface area is 195 Å². The molecule has 0 saturated carbocycles. The van der Waals surface area contributed by atoms with E-state index in [1.807, 2.05) is 90.3 Å². The molecule has 0 aliphatic carbocycles. The first kappa shape index (κ1) is 21.8. The second-order valence-electron chi connectivity index (χ2n) is 6.76. The highest BCUT2D eigenvalue weighted by Crippen LogP contribution is 2.28. The number of nitrogens with one attached hydrogen (secondary N) is 1. The van der Waals surface area contributed by atoms with Crippen LogP contribution in [0.5, 0.6) is 5.75 Å². The fourth-order valence-electron chi connectivity index (χ4n) is 2.85. The Kier molecular flexibility index (Phi) is 7.68. The lowest BCUT2D eigenvalue weighted by Crippen LogP contribution is -2.19. The third-order valence-electron chi connectivity index (χ3n) is 4.43. The van der Waals surface area contributed by atoms with E-state index in [4.69, 9.17) is 4.74 Å². The number of hydrazone groups is 1. The average Bonchev–Trinajstić information content (AvgIpc) is 3.33. The summed E-state index contributed by atoms with van der Waals surface area (Å²) in [5, 5.41) is 6.09. The number of nitrogens with zero attached hydrogens (tertiary/aromatic N) is 2. The van der Waals surface area contributed by atoms with Gasteiger partial charge in [0.1, 0.15) is 12.4 Å². The predicted octanol–water partition coefficient (Wildman–Crippen LogP) is 5.63. The summed E-state index contributed by atoms with van der Waals surface area (Å²) >= 11 is 2.93. The molecule has 4 aromatic rings. The minimum atomic E-state index is -0.189. The van der Waals surface area contributed by atoms with E-state index in [-0.39, 0.29) is 11.7 Å². The molecule has 1 amide bonds. The Bertz CT molecular complexity index is 1180. The van der Waals surface area contributed by atoms with Crippen LogP contribution in [0, 0.1) is 0 Å². The summed E-state index contributed by atoms with van der Waals surface area (Å²) in [5.74, 6) is 0.760. The first-order chi connectivity index (χ1) is 15.8. The van der Waals surface area contributed by atoms with Crippen molar-refractivity contribution in [3.05, 3.63) is 101 Å². The predicted molar refractivity (Wildman–Crippen MR) is 131 cm³/mol. The van der Waals surface area contributed by atoms with Gasteiger partial charge in [-0.25, -0.2) is 10.4 Å². The molecular formula is C25H21N3O2S2. The second kappa shape index (κ2) is 11.3. The maximum Gasteiger partial charge on any atom is 0.250 e. The Morgan fingerprint density at radius 3 is 2.53 bits per heavy atom. The molecular weight excluding hydrogens is 438 g/mol. The molecule has 0 aliphatic heterocycles. The first-order valence-corrected chi connectivity index (χ1v) is 11.9. The van der Waals surface area contributed by atoms with Gasteiger partial charge in [-0.15, -0.1) is 11.3 Å². The van der Waals surface area contributed by atoms with Crippen molar-refractivity contribution >= 4 is 35.2 Å². The van der Waals surface area contributed by atoms with Crippen LogP contribution in [-0.4, -0.2) is 22.9 Å². The van der Waals surface area contributed by atoms with Crippen LogP contribution < -0.4 is 10.2 Å². The van der Waals surface area contributed by atoms with Gasteiger partial charge in [0.25, 0.3) is 5.91 Å². The molecule has 160 valence electrons. The number of hydrogen-bond donors (Lipinski definition) is 1. The normalized spacial score (nSPS) is 10.9. The molecule has 0 spiro atoms. The number of para-hydroxylation sites is 1. The molecule has 0 fully saturated rings. The van der Waals surface area contributed by atoms with Crippen molar-refractivity contribution < 1.29 is 9.53 Å². The summed E-state index contributed by atoms with van der Waals surface area (Å²) in [6.07, 6.45) is 1.60. The zero-order valence-corrected chi connectivity index (χ0v) is 18.8. The fraction of sp³-hybridized carbons (Fsp3) is 0.0800. The van der Waals surface area contributed by atoms with Gasteiger partial charge >= 0.3 is 0 Å². The third-order valence-corrected chi connectivity index (χ3v) is 6.45. The van der Waals surface area contributed by atoms with Crippen LogP contribution >= 0.6 is 23.1 Å². The molecule has 0 unspecified atom stereocenters. The monoisotopic (exact) mass is 459 g/mol. The molecule has 3 aromatic carbocycles. The number of thioether (sulfide) groups is 1. The van der Waals surface area contributed by atoms with Gasteiger partial charge in [-0.1, -0.05) is 84.6 Å². The van der Waals surface area contributed by atoms with Crippen LogP contribution in [-0.2, 0) is 11.4 Å². The zero-order chi connectivity index (χ0) is 22.0. The van der Waals surface area contributed by atoms with Crippen molar-refractivity contribution in [2.45, 2.75) is 10.9 Å². The van der Waals surface area contributed by atoms with E-state index in [9.17, 15) is 4.79 Å².